The smallest absolute Gasteiger partial charge is 0.261 e. The molecule has 114 valence electrons. The number of aliphatic hydroxyl groups excluding tert-OH is 1. The Hall–Kier alpha value is -1.82. The van der Waals surface area contributed by atoms with E-state index in [1.54, 1.807) is 0 Å². The van der Waals surface area contributed by atoms with Crippen molar-refractivity contribution in [2.45, 2.75) is 26.2 Å². The molecule has 21 heavy (non-hydrogen) atoms. The van der Waals surface area contributed by atoms with E-state index in [2.05, 4.69) is 0 Å². The minimum atomic E-state index is -1.14. The molecule has 0 radical (unpaired) electrons. The zero-order valence-electron chi connectivity index (χ0n) is 11.7. The first kappa shape index (κ1) is 15.6. The van der Waals surface area contributed by atoms with Crippen LogP contribution < -0.4 is 0 Å². The molecule has 1 aliphatic rings. The van der Waals surface area contributed by atoms with Crippen LogP contribution in [0.25, 0.3) is 0 Å². The van der Waals surface area contributed by atoms with E-state index in [-0.39, 0.29) is 30.2 Å². The average molecular weight is 297 g/mol. The van der Waals surface area contributed by atoms with Crippen molar-refractivity contribution in [2.24, 2.45) is 5.92 Å². The molecule has 0 bridgehead atoms. The van der Waals surface area contributed by atoms with E-state index in [0.29, 0.717) is 6.42 Å². The summed E-state index contributed by atoms with van der Waals surface area (Å²) in [5.74, 6) is -3.51. The van der Waals surface area contributed by atoms with E-state index in [1.807, 2.05) is 6.92 Å². The summed E-state index contributed by atoms with van der Waals surface area (Å²) in [7, 11) is 0. The van der Waals surface area contributed by atoms with Crippen molar-refractivity contribution in [3.8, 4) is 0 Å². The minimum Gasteiger partial charge on any atom is -0.396 e. The highest BCUT2D eigenvalue weighted by Gasteiger charge is 2.37. The first-order chi connectivity index (χ1) is 9.99. The van der Waals surface area contributed by atoms with E-state index in [9.17, 15) is 18.4 Å². The molecule has 2 rings (SSSR count). The highest BCUT2D eigenvalue weighted by Crippen LogP contribution is 2.27. The maximum atomic E-state index is 13.2. The first-order valence-electron chi connectivity index (χ1n) is 6.95. The third kappa shape index (κ3) is 2.95. The summed E-state index contributed by atoms with van der Waals surface area (Å²) in [4.78, 5) is 25.3. The van der Waals surface area contributed by atoms with E-state index < -0.39 is 23.4 Å². The number of nitrogens with zero attached hydrogens (tertiary/aromatic N) is 1. The van der Waals surface area contributed by atoms with Gasteiger partial charge in [0.1, 0.15) is 0 Å². The Morgan fingerprint density at radius 1 is 1.10 bits per heavy atom. The van der Waals surface area contributed by atoms with Crippen LogP contribution in [0.5, 0.6) is 0 Å². The fourth-order valence-electron chi connectivity index (χ4n) is 2.63. The standard InChI is InChI=1S/C15H17F2NO3/c1-2-3-9(4-5-19)8-18-14(20)10-6-12(16)13(17)7-11(10)15(18)21/h6-7,9,19H,2-5,8H2,1H3. The molecule has 0 aromatic heterocycles. The van der Waals surface area contributed by atoms with Gasteiger partial charge in [-0.2, -0.15) is 0 Å². The van der Waals surface area contributed by atoms with Gasteiger partial charge < -0.3 is 5.11 Å². The Bertz CT molecular complexity index is 527. The van der Waals surface area contributed by atoms with Crippen LogP contribution in [0.15, 0.2) is 12.1 Å². The highest BCUT2D eigenvalue weighted by molar-refractivity contribution is 6.21. The van der Waals surface area contributed by atoms with Crippen LogP contribution in [0.3, 0.4) is 0 Å². The topological polar surface area (TPSA) is 57.6 Å². The van der Waals surface area contributed by atoms with Gasteiger partial charge in [-0.1, -0.05) is 13.3 Å². The number of rotatable bonds is 6. The lowest BCUT2D eigenvalue weighted by Crippen LogP contribution is -2.35. The van der Waals surface area contributed by atoms with Crippen LogP contribution in [0.4, 0.5) is 8.78 Å². The number of fused-ring (bicyclic) bond motifs is 1. The second kappa shape index (κ2) is 6.30. The van der Waals surface area contributed by atoms with Crippen molar-refractivity contribution in [3.63, 3.8) is 0 Å². The Morgan fingerprint density at radius 3 is 2.05 bits per heavy atom. The number of halogens is 2. The molecule has 1 aromatic rings. The van der Waals surface area contributed by atoms with Gasteiger partial charge in [0.15, 0.2) is 11.6 Å². The monoisotopic (exact) mass is 297 g/mol. The van der Waals surface area contributed by atoms with Gasteiger partial charge in [0.05, 0.1) is 11.1 Å². The fraction of sp³-hybridized carbons (Fsp3) is 0.467. The Labute approximate surface area is 121 Å². The maximum absolute atomic E-state index is 13.2. The van der Waals surface area contributed by atoms with Crippen LogP contribution >= 0.6 is 0 Å². The molecule has 1 heterocycles. The molecular weight excluding hydrogens is 280 g/mol. The molecule has 1 atom stereocenters. The van der Waals surface area contributed by atoms with Gasteiger partial charge >= 0.3 is 0 Å². The van der Waals surface area contributed by atoms with Crippen LogP contribution in [-0.2, 0) is 0 Å². The molecule has 2 amide bonds. The van der Waals surface area contributed by atoms with Gasteiger partial charge in [-0.05, 0) is 30.9 Å². The maximum Gasteiger partial charge on any atom is 0.261 e. The van der Waals surface area contributed by atoms with Crippen molar-refractivity contribution in [2.75, 3.05) is 13.2 Å². The lowest BCUT2D eigenvalue weighted by Gasteiger charge is -2.21. The van der Waals surface area contributed by atoms with Gasteiger partial charge in [0.25, 0.3) is 11.8 Å². The highest BCUT2D eigenvalue weighted by atomic mass is 19.2. The molecule has 4 nitrogen and oxygen atoms in total. The summed E-state index contributed by atoms with van der Waals surface area (Å²) in [5, 5.41) is 9.03. The van der Waals surface area contributed by atoms with E-state index >= 15 is 0 Å². The average Bonchev–Trinajstić information content (AvgIpc) is 2.65. The number of imide groups is 1. The summed E-state index contributed by atoms with van der Waals surface area (Å²) >= 11 is 0. The predicted octanol–water partition coefficient (Wildman–Crippen LogP) is 2.36. The van der Waals surface area contributed by atoms with Crippen molar-refractivity contribution in [1.82, 2.24) is 4.90 Å². The number of carbonyl (C=O) groups is 2. The normalized spacial score (nSPS) is 15.5. The molecule has 0 saturated carbocycles. The summed E-state index contributed by atoms with van der Waals surface area (Å²) in [5.41, 5.74) is -0.198. The van der Waals surface area contributed by atoms with E-state index in [0.717, 1.165) is 29.9 Å². The third-order valence-corrected chi connectivity index (χ3v) is 3.69. The van der Waals surface area contributed by atoms with Crippen LogP contribution in [0, 0.1) is 17.6 Å². The van der Waals surface area contributed by atoms with Crippen molar-refractivity contribution < 1.29 is 23.5 Å². The second-order valence-electron chi connectivity index (χ2n) is 5.20. The minimum absolute atomic E-state index is 0.0168. The van der Waals surface area contributed by atoms with Crippen molar-refractivity contribution in [3.05, 3.63) is 34.9 Å². The lowest BCUT2D eigenvalue weighted by atomic mass is 9.99. The fourth-order valence-corrected chi connectivity index (χ4v) is 2.63. The Morgan fingerprint density at radius 2 is 1.62 bits per heavy atom. The van der Waals surface area contributed by atoms with Gasteiger partial charge in [-0.15, -0.1) is 0 Å². The number of hydrogen-bond donors (Lipinski definition) is 1. The van der Waals surface area contributed by atoms with E-state index in [4.69, 9.17) is 5.11 Å². The second-order valence-corrected chi connectivity index (χ2v) is 5.20. The molecule has 0 fully saturated rings. The summed E-state index contributed by atoms with van der Waals surface area (Å²) in [6.07, 6.45) is 2.09. The molecule has 1 aromatic carbocycles. The Balaban J connectivity index is 2.24. The van der Waals surface area contributed by atoms with Crippen LogP contribution in [-0.4, -0.2) is 35.0 Å². The molecule has 0 aliphatic carbocycles. The number of aliphatic hydroxyl groups is 1. The van der Waals surface area contributed by atoms with Gasteiger partial charge in [0.2, 0.25) is 0 Å². The number of hydrogen-bond acceptors (Lipinski definition) is 3. The summed E-state index contributed by atoms with van der Waals surface area (Å²) < 4.78 is 26.4. The third-order valence-electron chi connectivity index (χ3n) is 3.69. The van der Waals surface area contributed by atoms with Gasteiger partial charge in [-0.3, -0.25) is 14.5 Å². The number of carbonyl (C=O) groups excluding carboxylic acids is 2. The van der Waals surface area contributed by atoms with Crippen LogP contribution in [0.1, 0.15) is 46.9 Å². The summed E-state index contributed by atoms with van der Waals surface area (Å²) in [6, 6.07) is 1.54. The van der Waals surface area contributed by atoms with E-state index in [1.165, 1.54) is 0 Å². The summed E-state index contributed by atoms with van der Waals surface area (Å²) in [6.45, 7) is 2.10. The van der Waals surface area contributed by atoms with Gasteiger partial charge in [0, 0.05) is 13.2 Å². The zero-order valence-corrected chi connectivity index (χ0v) is 11.7. The quantitative estimate of drug-likeness (QED) is 0.820. The predicted molar refractivity (Wildman–Crippen MR) is 71.8 cm³/mol. The Kier molecular flexibility index (Phi) is 4.67. The zero-order chi connectivity index (χ0) is 15.6. The largest absolute Gasteiger partial charge is 0.396 e. The number of amides is 2. The van der Waals surface area contributed by atoms with Crippen LogP contribution in [0.2, 0.25) is 0 Å². The molecule has 6 heteroatoms. The first-order valence-corrected chi connectivity index (χ1v) is 6.95. The van der Waals surface area contributed by atoms with Crippen molar-refractivity contribution >= 4 is 11.8 Å². The molecule has 0 spiro atoms. The van der Waals surface area contributed by atoms with Gasteiger partial charge in [-0.25, -0.2) is 8.78 Å². The SMILES string of the molecule is CCCC(CCO)CN1C(=O)c2cc(F)c(F)cc2C1=O. The van der Waals surface area contributed by atoms with Crippen molar-refractivity contribution in [1.29, 1.82) is 0 Å². The lowest BCUT2D eigenvalue weighted by molar-refractivity contribution is 0.0615. The molecular formula is C15H17F2NO3. The molecule has 1 N–H and O–H groups in total. The molecule has 1 unspecified atom stereocenters. The molecule has 0 saturated heterocycles. The molecule has 1 aliphatic heterocycles. The number of benzene rings is 1.